The number of aliphatic hydroxyl groups excluding tert-OH is 4. The van der Waals surface area contributed by atoms with Gasteiger partial charge < -0.3 is 29.9 Å². The van der Waals surface area contributed by atoms with Crippen molar-refractivity contribution in [3.05, 3.63) is 29.3 Å². The Morgan fingerprint density at radius 2 is 1.68 bits per heavy atom. The van der Waals surface area contributed by atoms with E-state index in [0.717, 1.165) is 0 Å². The molecule has 0 aliphatic carbocycles. The Kier molecular flexibility index (Phi) is 4.62. The molecule has 0 radical (unpaired) electrons. The van der Waals surface area contributed by atoms with Gasteiger partial charge in [0.15, 0.2) is 0 Å². The molecule has 6 nitrogen and oxygen atoms in total. The van der Waals surface area contributed by atoms with Crippen LogP contribution in [0.1, 0.15) is 0 Å². The van der Waals surface area contributed by atoms with Crippen molar-refractivity contribution in [1.82, 2.24) is 0 Å². The second kappa shape index (κ2) is 6.04. The fraction of sp³-hybridized carbons (Fsp3) is 0.500. The molecule has 19 heavy (non-hydrogen) atoms. The van der Waals surface area contributed by atoms with Gasteiger partial charge in [-0.3, -0.25) is 0 Å². The molecule has 0 aromatic heterocycles. The highest BCUT2D eigenvalue weighted by Crippen LogP contribution is 2.24. The summed E-state index contributed by atoms with van der Waals surface area (Å²) in [6.45, 7) is -0.495. The summed E-state index contributed by atoms with van der Waals surface area (Å²) in [6, 6.07) is 6.34. The van der Waals surface area contributed by atoms with Crippen molar-refractivity contribution in [3.8, 4) is 5.75 Å². The third-order valence-electron chi connectivity index (χ3n) is 2.91. The normalized spacial score (nSPS) is 35.1. The summed E-state index contributed by atoms with van der Waals surface area (Å²) in [5.41, 5.74) is 0. The molecule has 106 valence electrons. The van der Waals surface area contributed by atoms with Crippen molar-refractivity contribution >= 4 is 11.6 Å². The van der Waals surface area contributed by atoms with Gasteiger partial charge in [-0.1, -0.05) is 11.6 Å². The van der Waals surface area contributed by atoms with Crippen molar-refractivity contribution in [2.24, 2.45) is 0 Å². The quantitative estimate of drug-likeness (QED) is 0.600. The van der Waals surface area contributed by atoms with Crippen LogP contribution in [0.25, 0.3) is 0 Å². The maximum atomic E-state index is 9.77. The molecule has 0 spiro atoms. The summed E-state index contributed by atoms with van der Waals surface area (Å²) in [5, 5.41) is 38.5. The molecule has 4 N–H and O–H groups in total. The van der Waals surface area contributed by atoms with Gasteiger partial charge in [-0.25, -0.2) is 0 Å². The van der Waals surface area contributed by atoms with Crippen LogP contribution in [-0.4, -0.2) is 57.7 Å². The number of rotatable bonds is 3. The predicted molar refractivity (Wildman–Crippen MR) is 65.8 cm³/mol. The lowest BCUT2D eigenvalue weighted by Gasteiger charge is -2.39. The van der Waals surface area contributed by atoms with Crippen LogP contribution in [0.3, 0.4) is 0 Å². The summed E-state index contributed by atoms with van der Waals surface area (Å²) < 4.78 is 10.6. The Morgan fingerprint density at radius 1 is 1.05 bits per heavy atom. The number of ether oxygens (including phenoxy) is 2. The first-order valence-corrected chi connectivity index (χ1v) is 6.13. The van der Waals surface area contributed by atoms with Crippen molar-refractivity contribution in [3.63, 3.8) is 0 Å². The van der Waals surface area contributed by atoms with Crippen LogP contribution in [0, 0.1) is 0 Å². The summed E-state index contributed by atoms with van der Waals surface area (Å²) in [7, 11) is 0. The zero-order chi connectivity index (χ0) is 14.0. The van der Waals surface area contributed by atoms with Gasteiger partial charge >= 0.3 is 0 Å². The topological polar surface area (TPSA) is 99.4 Å². The summed E-state index contributed by atoms with van der Waals surface area (Å²) in [6.07, 6.45) is -6.45. The molecule has 0 amide bonds. The largest absolute Gasteiger partial charge is 0.462 e. The van der Waals surface area contributed by atoms with E-state index in [2.05, 4.69) is 0 Å². The Labute approximate surface area is 114 Å². The summed E-state index contributed by atoms with van der Waals surface area (Å²) in [4.78, 5) is 0. The van der Waals surface area contributed by atoms with Crippen LogP contribution < -0.4 is 4.74 Å². The van der Waals surface area contributed by atoms with Crippen LogP contribution in [0.4, 0.5) is 0 Å². The fourth-order valence-electron chi connectivity index (χ4n) is 1.81. The molecule has 1 aromatic rings. The Balaban J connectivity index is 2.08. The van der Waals surface area contributed by atoms with Crippen LogP contribution in [-0.2, 0) is 4.74 Å². The van der Waals surface area contributed by atoms with E-state index in [1.807, 2.05) is 0 Å². The van der Waals surface area contributed by atoms with E-state index in [9.17, 15) is 15.3 Å². The Hall–Kier alpha value is -0.890. The van der Waals surface area contributed by atoms with E-state index in [0.29, 0.717) is 10.8 Å². The van der Waals surface area contributed by atoms with E-state index in [-0.39, 0.29) is 0 Å². The van der Waals surface area contributed by atoms with Crippen LogP contribution in [0.5, 0.6) is 5.75 Å². The Morgan fingerprint density at radius 3 is 2.26 bits per heavy atom. The van der Waals surface area contributed by atoms with Gasteiger partial charge in [0.05, 0.1) is 6.61 Å². The van der Waals surface area contributed by atoms with E-state index in [1.165, 1.54) is 0 Å². The molecule has 0 saturated carbocycles. The van der Waals surface area contributed by atoms with Gasteiger partial charge in [-0.05, 0) is 24.3 Å². The second-order valence-corrected chi connectivity index (χ2v) is 4.71. The Bertz CT molecular complexity index is 409. The molecular formula is C12H15ClO6. The zero-order valence-electron chi connectivity index (χ0n) is 9.89. The lowest BCUT2D eigenvalue weighted by atomic mass is 9.99. The SMILES string of the molecule is OC[C@H]1O[C@@H](Oc2ccc(Cl)cc2)[C@@H](O)[C@H](O)[C@@H]1O. The maximum Gasteiger partial charge on any atom is 0.229 e. The fourth-order valence-corrected chi connectivity index (χ4v) is 1.94. The molecule has 2 rings (SSSR count). The average molecular weight is 291 g/mol. The molecule has 1 fully saturated rings. The highest BCUT2D eigenvalue weighted by atomic mass is 35.5. The van der Waals surface area contributed by atoms with Gasteiger partial charge in [0.25, 0.3) is 0 Å². The number of hydrogen-bond acceptors (Lipinski definition) is 6. The third-order valence-corrected chi connectivity index (χ3v) is 3.17. The molecule has 1 saturated heterocycles. The lowest BCUT2D eigenvalue weighted by Crippen LogP contribution is -2.60. The average Bonchev–Trinajstić information content (AvgIpc) is 2.42. The van der Waals surface area contributed by atoms with Gasteiger partial charge in [0.2, 0.25) is 6.29 Å². The van der Waals surface area contributed by atoms with Crippen LogP contribution in [0.2, 0.25) is 5.02 Å². The molecule has 0 unspecified atom stereocenters. The molecule has 1 aliphatic heterocycles. The van der Waals surface area contributed by atoms with Crippen molar-refractivity contribution in [2.75, 3.05) is 6.61 Å². The first-order chi connectivity index (χ1) is 9.02. The minimum absolute atomic E-state index is 0.383. The molecule has 0 bridgehead atoms. The van der Waals surface area contributed by atoms with Crippen LogP contribution in [0.15, 0.2) is 24.3 Å². The molecule has 1 aliphatic rings. The monoisotopic (exact) mass is 290 g/mol. The van der Waals surface area contributed by atoms with Gasteiger partial charge in [-0.2, -0.15) is 0 Å². The molecule has 7 heteroatoms. The van der Waals surface area contributed by atoms with Crippen LogP contribution >= 0.6 is 11.6 Å². The second-order valence-electron chi connectivity index (χ2n) is 4.27. The zero-order valence-corrected chi connectivity index (χ0v) is 10.6. The van der Waals surface area contributed by atoms with E-state index in [4.69, 9.17) is 26.2 Å². The van der Waals surface area contributed by atoms with Crippen molar-refractivity contribution in [1.29, 1.82) is 0 Å². The van der Waals surface area contributed by atoms with E-state index >= 15 is 0 Å². The molecule has 1 aromatic carbocycles. The predicted octanol–water partition coefficient (Wildman–Crippen LogP) is -0.481. The lowest BCUT2D eigenvalue weighted by molar-refractivity contribution is -0.277. The van der Waals surface area contributed by atoms with Crippen molar-refractivity contribution < 1.29 is 29.9 Å². The van der Waals surface area contributed by atoms with Gasteiger partial charge in [0, 0.05) is 5.02 Å². The minimum atomic E-state index is -1.46. The van der Waals surface area contributed by atoms with E-state index in [1.54, 1.807) is 24.3 Å². The minimum Gasteiger partial charge on any atom is -0.462 e. The maximum absolute atomic E-state index is 9.77. The van der Waals surface area contributed by atoms with Crippen molar-refractivity contribution in [2.45, 2.75) is 30.7 Å². The van der Waals surface area contributed by atoms with Gasteiger partial charge in [0.1, 0.15) is 30.2 Å². The first-order valence-electron chi connectivity index (χ1n) is 5.75. The van der Waals surface area contributed by atoms with E-state index < -0.39 is 37.3 Å². The first kappa shape index (κ1) is 14.5. The smallest absolute Gasteiger partial charge is 0.229 e. The number of hydrogen-bond donors (Lipinski definition) is 4. The van der Waals surface area contributed by atoms with Gasteiger partial charge in [-0.15, -0.1) is 0 Å². The highest BCUT2D eigenvalue weighted by molar-refractivity contribution is 6.30. The number of halogens is 1. The summed E-state index contributed by atoms with van der Waals surface area (Å²) >= 11 is 5.73. The molecule has 1 heterocycles. The molecular weight excluding hydrogens is 276 g/mol. The number of benzene rings is 1. The number of aliphatic hydroxyl groups is 4. The standard InChI is InChI=1S/C12H15ClO6/c13-6-1-3-7(4-2-6)18-12-11(17)10(16)9(15)8(5-14)19-12/h1-4,8-12,14-17H,5H2/t8-,9-,10-,11+,12-/m1/s1. The highest BCUT2D eigenvalue weighted by Gasteiger charge is 2.44. The molecule has 5 atom stereocenters. The third kappa shape index (κ3) is 3.17. The summed E-state index contributed by atoms with van der Waals surface area (Å²) in [5.74, 6) is 0.383.